The second-order valence-electron chi connectivity index (χ2n) is 5.36. The molecule has 0 radical (unpaired) electrons. The van der Waals surface area contributed by atoms with Crippen molar-refractivity contribution in [3.63, 3.8) is 0 Å². The predicted molar refractivity (Wildman–Crippen MR) is 82.3 cm³/mol. The number of fused-ring (bicyclic) bond motifs is 1. The highest BCUT2D eigenvalue weighted by Gasteiger charge is 2.20. The average Bonchev–Trinajstić information content (AvgIpc) is 2.51. The van der Waals surface area contributed by atoms with Gasteiger partial charge in [0.15, 0.2) is 0 Å². The molecule has 0 amide bonds. The second-order valence-corrected chi connectivity index (χ2v) is 5.36. The maximum atomic E-state index is 12.5. The molecule has 0 aliphatic carbocycles. The summed E-state index contributed by atoms with van der Waals surface area (Å²) in [5.41, 5.74) is 6.94. The molecule has 21 heavy (non-hydrogen) atoms. The molecule has 2 aromatic rings. The number of aromatic nitrogens is 2. The monoisotopic (exact) mass is 288 g/mol. The number of hydrogen-bond donors (Lipinski definition) is 1. The SMILES string of the molecule is CCN1CCOC(Cn2cnc3ccc(N)cc3c2=O)C1. The molecule has 3 rings (SSSR count). The Bertz CT molecular complexity index is 698. The summed E-state index contributed by atoms with van der Waals surface area (Å²) in [6.07, 6.45) is 1.62. The van der Waals surface area contributed by atoms with Gasteiger partial charge in [-0.25, -0.2) is 4.98 Å². The van der Waals surface area contributed by atoms with E-state index in [0.717, 1.165) is 19.6 Å². The smallest absolute Gasteiger partial charge is 0.261 e. The standard InChI is InChI=1S/C15H20N4O2/c1-2-18-5-6-21-12(8-18)9-19-10-17-14-4-3-11(16)7-13(14)15(19)20/h3-4,7,10,12H,2,5-6,8-9,16H2,1H3. The van der Waals surface area contributed by atoms with Crippen LogP contribution in [0.1, 0.15) is 6.92 Å². The first-order valence-electron chi connectivity index (χ1n) is 7.26. The van der Waals surface area contributed by atoms with Crippen LogP contribution in [0, 0.1) is 0 Å². The van der Waals surface area contributed by atoms with Crippen LogP contribution in [0.4, 0.5) is 5.69 Å². The summed E-state index contributed by atoms with van der Waals surface area (Å²) in [4.78, 5) is 19.2. The third-order valence-corrected chi connectivity index (χ3v) is 3.92. The lowest BCUT2D eigenvalue weighted by Crippen LogP contribution is -2.45. The largest absolute Gasteiger partial charge is 0.399 e. The van der Waals surface area contributed by atoms with Crippen molar-refractivity contribution in [3.05, 3.63) is 34.9 Å². The van der Waals surface area contributed by atoms with Crippen LogP contribution in [0.2, 0.25) is 0 Å². The molecule has 0 spiro atoms. The van der Waals surface area contributed by atoms with Gasteiger partial charge in [-0.15, -0.1) is 0 Å². The maximum absolute atomic E-state index is 12.5. The van der Waals surface area contributed by atoms with Gasteiger partial charge in [0.25, 0.3) is 5.56 Å². The van der Waals surface area contributed by atoms with Crippen LogP contribution in [0.25, 0.3) is 10.9 Å². The van der Waals surface area contributed by atoms with Crippen molar-refractivity contribution in [3.8, 4) is 0 Å². The highest BCUT2D eigenvalue weighted by Crippen LogP contribution is 2.12. The number of hydrogen-bond acceptors (Lipinski definition) is 5. The summed E-state index contributed by atoms with van der Waals surface area (Å²) in [6, 6.07) is 5.20. The molecule has 1 fully saturated rings. The lowest BCUT2D eigenvalue weighted by molar-refractivity contribution is -0.0347. The molecular formula is C15H20N4O2. The molecule has 1 aliphatic rings. The van der Waals surface area contributed by atoms with Gasteiger partial charge in [-0.1, -0.05) is 6.92 Å². The number of anilines is 1. The van der Waals surface area contributed by atoms with E-state index in [4.69, 9.17) is 10.5 Å². The highest BCUT2D eigenvalue weighted by atomic mass is 16.5. The van der Waals surface area contributed by atoms with Gasteiger partial charge in [0, 0.05) is 18.8 Å². The quantitative estimate of drug-likeness (QED) is 0.842. The minimum Gasteiger partial charge on any atom is -0.399 e. The van der Waals surface area contributed by atoms with Gasteiger partial charge in [-0.3, -0.25) is 14.3 Å². The summed E-state index contributed by atoms with van der Waals surface area (Å²) in [5, 5.41) is 0.556. The molecule has 1 atom stereocenters. The molecule has 1 unspecified atom stereocenters. The van der Waals surface area contributed by atoms with Crippen LogP contribution in [0.15, 0.2) is 29.3 Å². The number of nitrogens with two attached hydrogens (primary N) is 1. The molecule has 1 aromatic carbocycles. The fourth-order valence-corrected chi connectivity index (χ4v) is 2.70. The predicted octanol–water partition coefficient (Wildman–Crippen LogP) is 0.699. The van der Waals surface area contributed by atoms with Crippen molar-refractivity contribution >= 4 is 16.6 Å². The lowest BCUT2D eigenvalue weighted by atomic mass is 10.2. The number of morpholine rings is 1. The first-order valence-corrected chi connectivity index (χ1v) is 7.26. The number of likely N-dealkylation sites (N-methyl/N-ethyl adjacent to an activating group) is 1. The zero-order valence-corrected chi connectivity index (χ0v) is 12.2. The number of rotatable bonds is 3. The van der Waals surface area contributed by atoms with E-state index in [0.29, 0.717) is 29.7 Å². The van der Waals surface area contributed by atoms with Crippen molar-refractivity contribution in [2.45, 2.75) is 19.6 Å². The Balaban J connectivity index is 1.87. The molecule has 2 N–H and O–H groups in total. The normalized spacial score (nSPS) is 20.0. The minimum atomic E-state index is -0.0653. The molecule has 1 saturated heterocycles. The first kappa shape index (κ1) is 14.0. The Kier molecular flexibility index (Phi) is 3.90. The second kappa shape index (κ2) is 5.83. The van der Waals surface area contributed by atoms with Gasteiger partial charge in [-0.05, 0) is 24.7 Å². The van der Waals surface area contributed by atoms with E-state index in [9.17, 15) is 4.79 Å². The zero-order valence-electron chi connectivity index (χ0n) is 12.2. The minimum absolute atomic E-state index is 0.0247. The van der Waals surface area contributed by atoms with E-state index in [1.165, 1.54) is 0 Å². The number of nitrogens with zero attached hydrogens (tertiary/aromatic N) is 3. The number of ether oxygens (including phenoxy) is 1. The maximum Gasteiger partial charge on any atom is 0.261 e. The number of nitrogen functional groups attached to an aromatic ring is 1. The fraction of sp³-hybridized carbons (Fsp3) is 0.467. The highest BCUT2D eigenvalue weighted by molar-refractivity contribution is 5.80. The molecule has 1 aliphatic heterocycles. The summed E-state index contributed by atoms with van der Waals surface area (Å²) in [7, 11) is 0. The lowest BCUT2D eigenvalue weighted by Gasteiger charge is -2.32. The summed E-state index contributed by atoms with van der Waals surface area (Å²) < 4.78 is 7.37. The summed E-state index contributed by atoms with van der Waals surface area (Å²) in [6.45, 7) is 6.16. The molecule has 0 bridgehead atoms. The summed E-state index contributed by atoms with van der Waals surface area (Å²) >= 11 is 0. The van der Waals surface area contributed by atoms with E-state index in [1.807, 2.05) is 0 Å². The fourth-order valence-electron chi connectivity index (χ4n) is 2.70. The molecule has 112 valence electrons. The Morgan fingerprint density at radius 1 is 1.48 bits per heavy atom. The average molecular weight is 288 g/mol. The van der Waals surface area contributed by atoms with Gasteiger partial charge in [0.1, 0.15) is 0 Å². The van der Waals surface area contributed by atoms with Crippen molar-refractivity contribution in [1.29, 1.82) is 0 Å². The van der Waals surface area contributed by atoms with Crippen LogP contribution in [0.3, 0.4) is 0 Å². The van der Waals surface area contributed by atoms with E-state index >= 15 is 0 Å². The van der Waals surface area contributed by atoms with Crippen LogP contribution < -0.4 is 11.3 Å². The first-order chi connectivity index (χ1) is 10.2. The molecule has 6 nitrogen and oxygen atoms in total. The van der Waals surface area contributed by atoms with Gasteiger partial charge in [0.05, 0.1) is 36.5 Å². The molecule has 2 heterocycles. The Morgan fingerprint density at radius 2 is 2.33 bits per heavy atom. The Hall–Kier alpha value is -1.92. The van der Waals surface area contributed by atoms with Crippen molar-refractivity contribution < 1.29 is 4.74 Å². The molecule has 0 saturated carbocycles. The molecule has 1 aromatic heterocycles. The molecule has 6 heteroatoms. The van der Waals surface area contributed by atoms with E-state index in [1.54, 1.807) is 29.1 Å². The van der Waals surface area contributed by atoms with Crippen LogP contribution in [0.5, 0.6) is 0 Å². The van der Waals surface area contributed by atoms with Gasteiger partial charge in [-0.2, -0.15) is 0 Å². The van der Waals surface area contributed by atoms with Crippen LogP contribution >= 0.6 is 0 Å². The van der Waals surface area contributed by atoms with Crippen molar-refractivity contribution in [1.82, 2.24) is 14.5 Å². The third kappa shape index (κ3) is 2.91. The third-order valence-electron chi connectivity index (χ3n) is 3.92. The van der Waals surface area contributed by atoms with Crippen molar-refractivity contribution in [2.75, 3.05) is 32.0 Å². The van der Waals surface area contributed by atoms with E-state index in [2.05, 4.69) is 16.8 Å². The molecular weight excluding hydrogens is 268 g/mol. The van der Waals surface area contributed by atoms with Crippen LogP contribution in [-0.4, -0.2) is 46.8 Å². The Morgan fingerprint density at radius 3 is 3.14 bits per heavy atom. The van der Waals surface area contributed by atoms with Gasteiger partial charge in [0.2, 0.25) is 0 Å². The van der Waals surface area contributed by atoms with Crippen LogP contribution in [-0.2, 0) is 11.3 Å². The van der Waals surface area contributed by atoms with Crippen molar-refractivity contribution in [2.24, 2.45) is 0 Å². The Labute approximate surface area is 123 Å². The number of benzene rings is 1. The van der Waals surface area contributed by atoms with Gasteiger partial charge < -0.3 is 10.5 Å². The van der Waals surface area contributed by atoms with E-state index in [-0.39, 0.29) is 11.7 Å². The van der Waals surface area contributed by atoms with Gasteiger partial charge >= 0.3 is 0 Å². The topological polar surface area (TPSA) is 73.4 Å². The van der Waals surface area contributed by atoms with E-state index < -0.39 is 0 Å². The summed E-state index contributed by atoms with van der Waals surface area (Å²) in [5.74, 6) is 0. The zero-order chi connectivity index (χ0) is 14.8.